The van der Waals surface area contributed by atoms with Gasteiger partial charge in [0.1, 0.15) is 0 Å². The molecule has 1 aliphatic rings. The Kier molecular flexibility index (Phi) is 3.83. The number of benzene rings is 1. The summed E-state index contributed by atoms with van der Waals surface area (Å²) in [6.45, 7) is 6.40. The molecular formula is C17H21N3O3. The number of amides is 1. The molecule has 1 heterocycles. The van der Waals surface area contributed by atoms with Gasteiger partial charge in [0.25, 0.3) is 11.5 Å². The monoisotopic (exact) mass is 315 g/mol. The van der Waals surface area contributed by atoms with E-state index >= 15 is 0 Å². The number of aromatic nitrogens is 2. The number of hydrogen-bond acceptors (Lipinski definition) is 3. The molecule has 0 bridgehead atoms. The molecule has 6 heteroatoms. The molecule has 0 saturated heterocycles. The molecule has 1 fully saturated rings. The van der Waals surface area contributed by atoms with Crippen LogP contribution in [0.15, 0.2) is 27.8 Å². The smallest absolute Gasteiger partial charge is 0.329 e. The fourth-order valence-electron chi connectivity index (χ4n) is 2.85. The third kappa shape index (κ3) is 2.93. The van der Waals surface area contributed by atoms with Gasteiger partial charge in [0.15, 0.2) is 0 Å². The molecule has 1 aromatic heterocycles. The Labute approximate surface area is 133 Å². The van der Waals surface area contributed by atoms with Crippen LogP contribution in [0.5, 0.6) is 0 Å². The van der Waals surface area contributed by atoms with E-state index in [1.165, 1.54) is 4.57 Å². The van der Waals surface area contributed by atoms with Gasteiger partial charge < -0.3 is 10.3 Å². The van der Waals surface area contributed by atoms with Crippen molar-refractivity contribution < 1.29 is 4.79 Å². The quantitative estimate of drug-likeness (QED) is 0.900. The van der Waals surface area contributed by atoms with Crippen LogP contribution in [0.25, 0.3) is 10.9 Å². The third-order valence-corrected chi connectivity index (χ3v) is 4.51. The molecule has 2 unspecified atom stereocenters. The number of carbonyl (C=O) groups excluding carboxylic acids is 1. The van der Waals surface area contributed by atoms with Crippen molar-refractivity contribution >= 4 is 16.8 Å². The Balaban J connectivity index is 1.93. The average Bonchev–Trinajstić information content (AvgIpc) is 3.19. The van der Waals surface area contributed by atoms with Gasteiger partial charge in [-0.05, 0) is 50.3 Å². The first-order chi connectivity index (χ1) is 10.9. The maximum absolute atomic E-state index is 12.4. The first-order valence-electron chi connectivity index (χ1n) is 7.95. The van der Waals surface area contributed by atoms with Crippen LogP contribution in [-0.4, -0.2) is 22.0 Å². The van der Waals surface area contributed by atoms with Crippen LogP contribution in [0.3, 0.4) is 0 Å². The van der Waals surface area contributed by atoms with Gasteiger partial charge in [-0.3, -0.25) is 14.2 Å². The lowest BCUT2D eigenvalue weighted by atomic mass is 10.1. The summed E-state index contributed by atoms with van der Waals surface area (Å²) in [5.41, 5.74) is 0.0480. The van der Waals surface area contributed by atoms with Gasteiger partial charge in [-0.2, -0.15) is 0 Å². The van der Waals surface area contributed by atoms with E-state index in [-0.39, 0.29) is 17.5 Å². The van der Waals surface area contributed by atoms with Gasteiger partial charge in [-0.25, -0.2) is 4.79 Å². The highest BCUT2D eigenvalue weighted by Gasteiger charge is 2.32. The van der Waals surface area contributed by atoms with Gasteiger partial charge in [0.05, 0.1) is 10.9 Å². The summed E-state index contributed by atoms with van der Waals surface area (Å²) in [4.78, 5) is 39.3. The molecule has 2 aromatic rings. The molecule has 23 heavy (non-hydrogen) atoms. The van der Waals surface area contributed by atoms with Crippen LogP contribution in [0.1, 0.15) is 43.6 Å². The second-order valence-corrected chi connectivity index (χ2v) is 6.64. The van der Waals surface area contributed by atoms with Crippen molar-refractivity contribution in [1.29, 1.82) is 0 Å². The van der Waals surface area contributed by atoms with Crippen molar-refractivity contribution in [3.8, 4) is 0 Å². The number of fused-ring (bicyclic) bond motifs is 1. The average molecular weight is 315 g/mol. The number of carbonyl (C=O) groups is 1. The highest BCUT2D eigenvalue weighted by molar-refractivity contribution is 5.97. The number of hydrogen-bond donors (Lipinski definition) is 2. The van der Waals surface area contributed by atoms with Crippen molar-refractivity contribution in [2.45, 2.75) is 33.2 Å². The minimum Gasteiger partial charge on any atom is -0.352 e. The van der Waals surface area contributed by atoms with E-state index in [4.69, 9.17) is 0 Å². The summed E-state index contributed by atoms with van der Waals surface area (Å²) in [6.07, 6.45) is 1.15. The molecule has 0 spiro atoms. The fraction of sp³-hybridized carbons (Fsp3) is 0.471. The van der Waals surface area contributed by atoms with Crippen LogP contribution >= 0.6 is 0 Å². The van der Waals surface area contributed by atoms with Gasteiger partial charge in [0.2, 0.25) is 0 Å². The van der Waals surface area contributed by atoms with Crippen LogP contribution in [0.4, 0.5) is 0 Å². The molecule has 122 valence electrons. The molecule has 0 radical (unpaired) electrons. The van der Waals surface area contributed by atoms with E-state index in [1.54, 1.807) is 32.0 Å². The summed E-state index contributed by atoms with van der Waals surface area (Å²) in [5, 5.41) is 3.31. The Hall–Kier alpha value is -2.37. The lowest BCUT2D eigenvalue weighted by molar-refractivity contribution is 0.0951. The Morgan fingerprint density at radius 2 is 2.09 bits per heavy atom. The number of aromatic amines is 1. The summed E-state index contributed by atoms with van der Waals surface area (Å²) >= 11 is 0. The highest BCUT2D eigenvalue weighted by atomic mass is 16.2. The summed E-state index contributed by atoms with van der Waals surface area (Å²) < 4.78 is 1.18. The zero-order chi connectivity index (χ0) is 16.7. The third-order valence-electron chi connectivity index (χ3n) is 4.51. The van der Waals surface area contributed by atoms with E-state index in [1.807, 2.05) is 0 Å². The number of H-pyrrole nitrogens is 1. The van der Waals surface area contributed by atoms with Crippen molar-refractivity contribution in [2.24, 2.45) is 11.8 Å². The molecule has 1 aromatic carbocycles. The minimum atomic E-state index is -0.457. The lowest BCUT2D eigenvalue weighted by Crippen LogP contribution is -2.36. The topological polar surface area (TPSA) is 84.0 Å². The number of nitrogens with zero attached hydrogens (tertiary/aromatic N) is 1. The second kappa shape index (κ2) is 5.68. The first-order valence-corrected chi connectivity index (χ1v) is 7.95. The van der Waals surface area contributed by atoms with E-state index in [9.17, 15) is 14.4 Å². The van der Waals surface area contributed by atoms with E-state index in [0.29, 0.717) is 34.8 Å². The maximum Gasteiger partial charge on any atom is 0.329 e. The molecule has 2 N–H and O–H groups in total. The number of nitrogens with one attached hydrogen (secondary N) is 2. The largest absolute Gasteiger partial charge is 0.352 e. The van der Waals surface area contributed by atoms with Gasteiger partial charge >= 0.3 is 5.69 Å². The summed E-state index contributed by atoms with van der Waals surface area (Å²) in [5.74, 6) is 1.06. The Morgan fingerprint density at radius 1 is 1.39 bits per heavy atom. The van der Waals surface area contributed by atoms with Crippen molar-refractivity contribution in [2.75, 3.05) is 6.54 Å². The molecule has 0 aliphatic heterocycles. The van der Waals surface area contributed by atoms with Crippen LogP contribution < -0.4 is 16.6 Å². The lowest BCUT2D eigenvalue weighted by Gasteiger charge is -2.10. The van der Waals surface area contributed by atoms with Crippen molar-refractivity contribution in [1.82, 2.24) is 14.9 Å². The zero-order valence-electron chi connectivity index (χ0n) is 13.6. The first kappa shape index (κ1) is 15.5. The van der Waals surface area contributed by atoms with Gasteiger partial charge in [-0.1, -0.05) is 6.92 Å². The molecule has 3 rings (SSSR count). The zero-order valence-corrected chi connectivity index (χ0v) is 13.6. The van der Waals surface area contributed by atoms with Crippen molar-refractivity contribution in [3.05, 3.63) is 44.6 Å². The van der Waals surface area contributed by atoms with Crippen molar-refractivity contribution in [3.63, 3.8) is 0 Å². The van der Waals surface area contributed by atoms with Crippen LogP contribution in [0.2, 0.25) is 0 Å². The van der Waals surface area contributed by atoms with Crippen LogP contribution in [0, 0.1) is 11.8 Å². The van der Waals surface area contributed by atoms with E-state index in [2.05, 4.69) is 17.2 Å². The molecule has 6 nitrogen and oxygen atoms in total. The normalized spacial score (nSPS) is 20.0. The van der Waals surface area contributed by atoms with Gasteiger partial charge in [0, 0.05) is 18.2 Å². The van der Waals surface area contributed by atoms with Crippen LogP contribution in [-0.2, 0) is 0 Å². The summed E-state index contributed by atoms with van der Waals surface area (Å²) in [7, 11) is 0. The SMILES string of the molecule is CC1CC1CNC(=O)c1ccc2c(=O)n(C(C)C)c(=O)[nH]c2c1. The predicted octanol–water partition coefficient (Wildman–Crippen LogP) is 1.66. The number of rotatable bonds is 4. The molecule has 1 saturated carbocycles. The minimum absolute atomic E-state index is 0.181. The van der Waals surface area contributed by atoms with E-state index < -0.39 is 5.69 Å². The Bertz CT molecular complexity index is 879. The maximum atomic E-state index is 12.4. The van der Waals surface area contributed by atoms with Gasteiger partial charge in [-0.15, -0.1) is 0 Å². The Morgan fingerprint density at radius 3 is 2.70 bits per heavy atom. The highest BCUT2D eigenvalue weighted by Crippen LogP contribution is 2.36. The molecule has 1 aliphatic carbocycles. The second-order valence-electron chi connectivity index (χ2n) is 6.64. The molecule has 1 amide bonds. The summed E-state index contributed by atoms with van der Waals surface area (Å²) in [6, 6.07) is 4.56. The molecule has 2 atom stereocenters. The molecular weight excluding hydrogens is 294 g/mol. The fourth-order valence-corrected chi connectivity index (χ4v) is 2.85. The standard InChI is InChI=1S/C17H21N3O3/c1-9(2)20-16(22)13-5-4-11(7-14(13)19-17(20)23)15(21)18-8-12-6-10(12)3/h4-5,7,9-10,12H,6,8H2,1-3H3,(H,18,21)(H,19,23). The van der Waals surface area contributed by atoms with E-state index in [0.717, 1.165) is 6.42 Å². The predicted molar refractivity (Wildman–Crippen MR) is 88.8 cm³/mol.